The minimum Gasteiger partial charge on any atom is -0.334 e. The van der Waals surface area contributed by atoms with E-state index in [2.05, 4.69) is 19.9 Å². The van der Waals surface area contributed by atoms with E-state index in [0.29, 0.717) is 6.54 Å². The molecule has 0 radical (unpaired) electrons. The van der Waals surface area contributed by atoms with Crippen molar-refractivity contribution in [2.75, 3.05) is 5.32 Å². The van der Waals surface area contributed by atoms with Crippen LogP contribution in [0.2, 0.25) is 0 Å². The number of thiazole rings is 1. The Morgan fingerprint density at radius 1 is 1.27 bits per heavy atom. The molecule has 0 saturated heterocycles. The van der Waals surface area contributed by atoms with E-state index in [-0.39, 0.29) is 11.8 Å². The largest absolute Gasteiger partial charge is 0.334 e. The molecule has 0 spiro atoms. The molecule has 1 aliphatic rings. The van der Waals surface area contributed by atoms with Crippen LogP contribution in [0.1, 0.15) is 12.1 Å². The number of hydrogen-bond donors (Lipinski definition) is 1. The lowest BCUT2D eigenvalue weighted by atomic mass is 9.97. The average molecular weight is 363 g/mol. The molecule has 1 atom stereocenters. The molecule has 3 aromatic heterocycles. The van der Waals surface area contributed by atoms with Gasteiger partial charge in [0, 0.05) is 47.5 Å². The van der Waals surface area contributed by atoms with E-state index in [1.54, 1.807) is 17.7 Å². The quantitative estimate of drug-likeness (QED) is 0.606. The lowest BCUT2D eigenvalue weighted by Gasteiger charge is -2.23. The molecule has 1 N–H and O–H groups in total. The van der Waals surface area contributed by atoms with Crippen LogP contribution in [0.3, 0.4) is 0 Å². The number of carbonyl (C=O) groups excluding carboxylic acids is 1. The van der Waals surface area contributed by atoms with Gasteiger partial charge in [0.05, 0.1) is 17.9 Å². The van der Waals surface area contributed by atoms with Gasteiger partial charge in [0.25, 0.3) is 0 Å². The van der Waals surface area contributed by atoms with Crippen molar-refractivity contribution in [3.05, 3.63) is 60.3 Å². The Morgan fingerprint density at radius 3 is 3.00 bits per heavy atom. The number of rotatable bonds is 3. The number of amides is 1. The van der Waals surface area contributed by atoms with Gasteiger partial charge in [-0.25, -0.2) is 9.97 Å². The molecule has 1 unspecified atom stereocenters. The van der Waals surface area contributed by atoms with Crippen LogP contribution in [0.4, 0.5) is 5.69 Å². The summed E-state index contributed by atoms with van der Waals surface area (Å²) >= 11 is 1.61. The molecule has 0 bridgehead atoms. The summed E-state index contributed by atoms with van der Waals surface area (Å²) < 4.78 is 4.09. The maximum atomic E-state index is 12.6. The van der Waals surface area contributed by atoms with Gasteiger partial charge < -0.3 is 9.88 Å². The summed E-state index contributed by atoms with van der Waals surface area (Å²) in [5.41, 5.74) is 4.00. The van der Waals surface area contributed by atoms with Gasteiger partial charge in [0.15, 0.2) is 4.96 Å². The van der Waals surface area contributed by atoms with Gasteiger partial charge >= 0.3 is 0 Å². The Hall–Kier alpha value is -2.93. The second-order valence-electron chi connectivity index (χ2n) is 6.56. The first-order valence-electron chi connectivity index (χ1n) is 8.59. The van der Waals surface area contributed by atoms with Crippen LogP contribution in [-0.2, 0) is 17.8 Å². The van der Waals surface area contributed by atoms with Gasteiger partial charge in [-0.3, -0.25) is 9.20 Å². The molecule has 0 aliphatic carbocycles. The number of aryl methyl sites for hydroxylation is 1. The van der Waals surface area contributed by atoms with Crippen LogP contribution < -0.4 is 5.32 Å². The van der Waals surface area contributed by atoms with E-state index in [4.69, 9.17) is 0 Å². The minimum absolute atomic E-state index is 0.0173. The van der Waals surface area contributed by atoms with E-state index >= 15 is 0 Å². The van der Waals surface area contributed by atoms with Crippen LogP contribution in [-0.4, -0.2) is 24.8 Å². The van der Waals surface area contributed by atoms with Crippen LogP contribution in [0.15, 0.2) is 54.6 Å². The predicted octanol–water partition coefficient (Wildman–Crippen LogP) is 3.46. The number of carbonyl (C=O) groups is 1. The van der Waals surface area contributed by atoms with Crippen LogP contribution in [0.5, 0.6) is 0 Å². The van der Waals surface area contributed by atoms with Crippen LogP contribution in [0, 0.1) is 5.92 Å². The second-order valence-corrected chi connectivity index (χ2v) is 7.43. The summed E-state index contributed by atoms with van der Waals surface area (Å²) in [4.78, 5) is 22.3. The van der Waals surface area contributed by atoms with Crippen molar-refractivity contribution < 1.29 is 4.79 Å². The van der Waals surface area contributed by atoms with Crippen molar-refractivity contribution >= 4 is 27.9 Å². The van der Waals surface area contributed by atoms with Gasteiger partial charge in [-0.05, 0) is 25.0 Å². The summed E-state index contributed by atoms with van der Waals surface area (Å²) in [5.74, 6) is 0.0518. The van der Waals surface area contributed by atoms with E-state index < -0.39 is 0 Å². The molecule has 5 rings (SSSR count). The summed E-state index contributed by atoms with van der Waals surface area (Å²) in [6.07, 6.45) is 9.47. The standard InChI is InChI=1S/C19H17N5OS/c25-18(14-3-6-16-9-20-12-24(16)10-14)21-15-4-1-13(2-5-15)17-11-23-7-8-26-19(23)22-17/h1-2,4-5,7-9,11-12,14H,3,6,10H2,(H,21,25). The molecular formula is C19H17N5OS. The van der Waals surface area contributed by atoms with Crippen molar-refractivity contribution in [3.8, 4) is 11.3 Å². The highest BCUT2D eigenvalue weighted by atomic mass is 32.1. The monoisotopic (exact) mass is 363 g/mol. The number of imidazole rings is 2. The third-order valence-corrected chi connectivity index (χ3v) is 5.65. The lowest BCUT2D eigenvalue weighted by molar-refractivity contribution is -0.120. The van der Waals surface area contributed by atoms with Gasteiger partial charge in [-0.15, -0.1) is 11.3 Å². The maximum absolute atomic E-state index is 12.6. The molecule has 4 aromatic rings. The first kappa shape index (κ1) is 15.3. The number of nitrogens with one attached hydrogen (secondary N) is 1. The number of anilines is 1. The van der Waals surface area contributed by atoms with E-state index in [1.807, 2.05) is 52.6 Å². The molecule has 0 fully saturated rings. The molecule has 0 saturated carbocycles. The summed E-state index contributed by atoms with van der Waals surface area (Å²) in [7, 11) is 0. The third kappa shape index (κ3) is 2.70. The molecule has 7 heteroatoms. The third-order valence-electron chi connectivity index (χ3n) is 4.88. The van der Waals surface area contributed by atoms with E-state index in [9.17, 15) is 4.79 Å². The maximum Gasteiger partial charge on any atom is 0.229 e. The SMILES string of the molecule is O=C(Nc1ccc(-c2cn3ccsc3n2)cc1)C1CCc2cncn2C1. The summed E-state index contributed by atoms with van der Waals surface area (Å²) in [6, 6.07) is 7.87. The summed E-state index contributed by atoms with van der Waals surface area (Å²) in [6.45, 7) is 0.699. The van der Waals surface area contributed by atoms with Gasteiger partial charge in [0.2, 0.25) is 5.91 Å². The van der Waals surface area contributed by atoms with Crippen LogP contribution in [0.25, 0.3) is 16.2 Å². The van der Waals surface area contributed by atoms with Crippen molar-refractivity contribution in [2.24, 2.45) is 5.92 Å². The van der Waals surface area contributed by atoms with E-state index in [0.717, 1.165) is 34.7 Å². The highest BCUT2D eigenvalue weighted by Crippen LogP contribution is 2.24. The molecule has 1 aliphatic heterocycles. The van der Waals surface area contributed by atoms with E-state index in [1.165, 1.54) is 5.69 Å². The van der Waals surface area contributed by atoms with Gasteiger partial charge in [0.1, 0.15) is 0 Å². The Bertz CT molecular complexity index is 1050. The normalized spacial score (nSPS) is 16.5. The smallest absolute Gasteiger partial charge is 0.229 e. The van der Waals surface area contributed by atoms with Crippen molar-refractivity contribution in [1.29, 1.82) is 0 Å². The number of nitrogens with zero attached hydrogens (tertiary/aromatic N) is 4. The highest BCUT2D eigenvalue weighted by Gasteiger charge is 2.24. The Balaban J connectivity index is 1.29. The molecule has 4 heterocycles. The Labute approximate surface area is 154 Å². The van der Waals surface area contributed by atoms with Crippen molar-refractivity contribution in [2.45, 2.75) is 19.4 Å². The fourth-order valence-corrected chi connectivity index (χ4v) is 4.12. The van der Waals surface area contributed by atoms with Crippen molar-refractivity contribution in [1.82, 2.24) is 18.9 Å². The zero-order valence-electron chi connectivity index (χ0n) is 14.0. The number of hydrogen-bond acceptors (Lipinski definition) is 4. The minimum atomic E-state index is -0.0173. The van der Waals surface area contributed by atoms with Gasteiger partial charge in [-0.1, -0.05) is 12.1 Å². The molecular weight excluding hydrogens is 346 g/mol. The molecule has 130 valence electrons. The highest BCUT2D eigenvalue weighted by molar-refractivity contribution is 7.15. The topological polar surface area (TPSA) is 64.2 Å². The number of benzene rings is 1. The summed E-state index contributed by atoms with van der Waals surface area (Å²) in [5, 5.41) is 5.06. The predicted molar refractivity (Wildman–Crippen MR) is 101 cm³/mol. The Kier molecular flexibility index (Phi) is 3.60. The fourth-order valence-electron chi connectivity index (χ4n) is 3.42. The Morgan fingerprint density at radius 2 is 2.15 bits per heavy atom. The zero-order chi connectivity index (χ0) is 17.5. The number of fused-ring (bicyclic) bond motifs is 2. The first-order chi connectivity index (χ1) is 12.8. The molecule has 6 nitrogen and oxygen atoms in total. The van der Waals surface area contributed by atoms with Crippen molar-refractivity contribution in [3.63, 3.8) is 0 Å². The molecule has 26 heavy (non-hydrogen) atoms. The van der Waals surface area contributed by atoms with Gasteiger partial charge in [-0.2, -0.15) is 0 Å². The fraction of sp³-hybridized carbons (Fsp3) is 0.211. The molecule has 1 amide bonds. The average Bonchev–Trinajstić information content (AvgIpc) is 3.37. The lowest BCUT2D eigenvalue weighted by Crippen LogP contribution is -2.30. The zero-order valence-corrected chi connectivity index (χ0v) is 14.8. The first-order valence-corrected chi connectivity index (χ1v) is 9.47. The molecule has 1 aromatic carbocycles. The van der Waals surface area contributed by atoms with Crippen LogP contribution >= 0.6 is 11.3 Å². The number of aromatic nitrogens is 4. The second kappa shape index (κ2) is 6.10.